The Morgan fingerprint density at radius 3 is 2.78 bits per heavy atom. The number of aliphatic hydroxyl groups excluding tert-OH is 2. The molecule has 0 heterocycles. The van der Waals surface area contributed by atoms with Crippen LogP contribution in [0.2, 0.25) is 0 Å². The van der Waals surface area contributed by atoms with E-state index >= 15 is 0 Å². The first kappa shape index (κ1) is 15.5. The van der Waals surface area contributed by atoms with Crippen LogP contribution in [0, 0.1) is 6.92 Å². The number of aryl methyl sites for hydroxylation is 1. The van der Waals surface area contributed by atoms with Gasteiger partial charge in [0.15, 0.2) is 0 Å². The molecule has 1 atom stereocenters. The summed E-state index contributed by atoms with van der Waals surface area (Å²) >= 11 is 1.57. The Bertz CT molecular complexity index is 358. The first-order valence-electron chi connectivity index (χ1n) is 6.39. The summed E-state index contributed by atoms with van der Waals surface area (Å²) in [5.41, 5.74) is 2.58. The Morgan fingerprint density at radius 1 is 1.39 bits per heavy atom. The van der Waals surface area contributed by atoms with Crippen molar-refractivity contribution in [3.63, 3.8) is 0 Å². The standard InChI is InChI=1S/C14H23NO2S/c1-3-6-15-8-12-4-5-14(7-11(12)2)18-10-13(17)9-16/h4-5,7,13,15-17H,3,6,8-10H2,1-2H3. The van der Waals surface area contributed by atoms with Crippen LogP contribution in [0.5, 0.6) is 0 Å². The molecule has 0 saturated carbocycles. The van der Waals surface area contributed by atoms with Gasteiger partial charge in [0, 0.05) is 17.2 Å². The van der Waals surface area contributed by atoms with E-state index in [2.05, 4.69) is 37.4 Å². The second-order valence-corrected chi connectivity index (χ2v) is 5.51. The molecule has 1 aromatic rings. The average molecular weight is 269 g/mol. The summed E-state index contributed by atoms with van der Waals surface area (Å²) in [5, 5.41) is 21.5. The van der Waals surface area contributed by atoms with Crippen molar-refractivity contribution in [2.45, 2.75) is 37.8 Å². The van der Waals surface area contributed by atoms with E-state index in [-0.39, 0.29) is 6.61 Å². The van der Waals surface area contributed by atoms with E-state index < -0.39 is 6.10 Å². The molecule has 0 bridgehead atoms. The van der Waals surface area contributed by atoms with Crippen molar-refractivity contribution >= 4 is 11.8 Å². The summed E-state index contributed by atoms with van der Waals surface area (Å²) in [4.78, 5) is 1.14. The fourth-order valence-corrected chi connectivity index (χ4v) is 2.52. The number of rotatable bonds is 8. The highest BCUT2D eigenvalue weighted by molar-refractivity contribution is 7.99. The molecule has 0 aliphatic heterocycles. The van der Waals surface area contributed by atoms with Gasteiger partial charge in [-0.15, -0.1) is 11.8 Å². The predicted octanol–water partition coefficient (Wildman–Crippen LogP) is 1.94. The monoisotopic (exact) mass is 269 g/mol. The van der Waals surface area contributed by atoms with Crippen molar-refractivity contribution < 1.29 is 10.2 Å². The van der Waals surface area contributed by atoms with Crippen LogP contribution >= 0.6 is 11.8 Å². The van der Waals surface area contributed by atoms with Crippen molar-refractivity contribution in [1.29, 1.82) is 0 Å². The van der Waals surface area contributed by atoms with E-state index in [9.17, 15) is 5.11 Å². The molecule has 1 rings (SSSR count). The van der Waals surface area contributed by atoms with Crippen LogP contribution < -0.4 is 5.32 Å². The van der Waals surface area contributed by atoms with Gasteiger partial charge in [-0.3, -0.25) is 0 Å². The molecule has 0 radical (unpaired) electrons. The second kappa shape index (κ2) is 8.53. The van der Waals surface area contributed by atoms with Crippen LogP contribution in [0.3, 0.4) is 0 Å². The molecule has 0 amide bonds. The smallest absolute Gasteiger partial charge is 0.0864 e. The lowest BCUT2D eigenvalue weighted by atomic mass is 10.1. The quantitative estimate of drug-likeness (QED) is 0.499. The molecule has 0 saturated heterocycles. The fraction of sp³-hybridized carbons (Fsp3) is 0.571. The van der Waals surface area contributed by atoms with Crippen LogP contribution in [0.1, 0.15) is 24.5 Å². The molecular weight excluding hydrogens is 246 g/mol. The molecule has 4 heteroatoms. The second-order valence-electron chi connectivity index (χ2n) is 4.41. The van der Waals surface area contributed by atoms with Crippen LogP contribution in [-0.2, 0) is 6.54 Å². The third-order valence-corrected chi connectivity index (χ3v) is 3.85. The number of hydrogen-bond donors (Lipinski definition) is 3. The predicted molar refractivity (Wildman–Crippen MR) is 77.0 cm³/mol. The Labute approximate surface area is 114 Å². The van der Waals surface area contributed by atoms with Crippen LogP contribution in [0.25, 0.3) is 0 Å². The minimum atomic E-state index is -0.638. The van der Waals surface area contributed by atoms with E-state index in [1.807, 2.05) is 0 Å². The van der Waals surface area contributed by atoms with Crippen molar-refractivity contribution in [3.05, 3.63) is 29.3 Å². The molecule has 3 nitrogen and oxygen atoms in total. The number of nitrogens with one attached hydrogen (secondary N) is 1. The van der Waals surface area contributed by atoms with Gasteiger partial charge in [0.2, 0.25) is 0 Å². The molecule has 0 fully saturated rings. The van der Waals surface area contributed by atoms with Gasteiger partial charge in [-0.1, -0.05) is 13.0 Å². The van der Waals surface area contributed by atoms with Crippen molar-refractivity contribution in [2.75, 3.05) is 18.9 Å². The summed E-state index contributed by atoms with van der Waals surface area (Å²) in [6, 6.07) is 6.34. The van der Waals surface area contributed by atoms with Crippen molar-refractivity contribution in [3.8, 4) is 0 Å². The van der Waals surface area contributed by atoms with Gasteiger partial charge in [0.05, 0.1) is 12.7 Å². The molecule has 0 aromatic heterocycles. The van der Waals surface area contributed by atoms with E-state index in [0.717, 1.165) is 24.4 Å². The third-order valence-electron chi connectivity index (χ3n) is 2.71. The topological polar surface area (TPSA) is 52.5 Å². The zero-order chi connectivity index (χ0) is 13.4. The normalized spacial score (nSPS) is 12.7. The molecule has 0 aliphatic rings. The minimum absolute atomic E-state index is 0.176. The maximum atomic E-state index is 9.31. The van der Waals surface area contributed by atoms with E-state index in [1.54, 1.807) is 11.8 Å². The fourth-order valence-electron chi connectivity index (χ4n) is 1.60. The van der Waals surface area contributed by atoms with Gasteiger partial charge in [0.25, 0.3) is 0 Å². The van der Waals surface area contributed by atoms with Crippen LogP contribution in [0.15, 0.2) is 23.1 Å². The van der Waals surface area contributed by atoms with Gasteiger partial charge >= 0.3 is 0 Å². The molecule has 3 N–H and O–H groups in total. The molecule has 1 aromatic carbocycles. The van der Waals surface area contributed by atoms with Crippen molar-refractivity contribution in [2.24, 2.45) is 0 Å². The average Bonchev–Trinajstić information content (AvgIpc) is 2.38. The lowest BCUT2D eigenvalue weighted by Gasteiger charge is -2.10. The zero-order valence-electron chi connectivity index (χ0n) is 11.1. The molecule has 0 spiro atoms. The zero-order valence-corrected chi connectivity index (χ0v) is 12.0. The summed E-state index contributed by atoms with van der Waals surface area (Å²) in [6.45, 7) is 6.04. The maximum Gasteiger partial charge on any atom is 0.0864 e. The van der Waals surface area contributed by atoms with Gasteiger partial charge in [0.1, 0.15) is 0 Å². The largest absolute Gasteiger partial charge is 0.394 e. The summed E-state index contributed by atoms with van der Waals surface area (Å²) in [6.07, 6.45) is 0.507. The van der Waals surface area contributed by atoms with Gasteiger partial charge < -0.3 is 15.5 Å². The van der Waals surface area contributed by atoms with Crippen LogP contribution in [-0.4, -0.2) is 35.2 Å². The summed E-state index contributed by atoms with van der Waals surface area (Å²) in [5.74, 6) is 0.531. The molecular formula is C14H23NO2S. The Kier molecular flexibility index (Phi) is 7.35. The number of benzene rings is 1. The van der Waals surface area contributed by atoms with Crippen LogP contribution in [0.4, 0.5) is 0 Å². The lowest BCUT2D eigenvalue weighted by Crippen LogP contribution is -2.15. The first-order valence-corrected chi connectivity index (χ1v) is 7.38. The number of hydrogen-bond acceptors (Lipinski definition) is 4. The summed E-state index contributed by atoms with van der Waals surface area (Å²) < 4.78 is 0. The van der Waals surface area contributed by atoms with E-state index in [0.29, 0.717) is 5.75 Å². The SMILES string of the molecule is CCCNCc1ccc(SCC(O)CO)cc1C. The van der Waals surface area contributed by atoms with Gasteiger partial charge in [-0.2, -0.15) is 0 Å². The highest BCUT2D eigenvalue weighted by Crippen LogP contribution is 2.22. The van der Waals surface area contributed by atoms with Crippen molar-refractivity contribution in [1.82, 2.24) is 5.32 Å². The van der Waals surface area contributed by atoms with Gasteiger partial charge in [-0.05, 0) is 43.1 Å². The number of aliphatic hydroxyl groups is 2. The Hall–Kier alpha value is -0.550. The van der Waals surface area contributed by atoms with Gasteiger partial charge in [-0.25, -0.2) is 0 Å². The minimum Gasteiger partial charge on any atom is -0.394 e. The molecule has 1 unspecified atom stereocenters. The summed E-state index contributed by atoms with van der Waals surface area (Å²) in [7, 11) is 0. The maximum absolute atomic E-state index is 9.31. The Morgan fingerprint density at radius 2 is 2.17 bits per heavy atom. The van der Waals surface area contributed by atoms with E-state index in [1.165, 1.54) is 11.1 Å². The highest BCUT2D eigenvalue weighted by atomic mass is 32.2. The number of thioether (sulfide) groups is 1. The highest BCUT2D eigenvalue weighted by Gasteiger charge is 2.05. The third kappa shape index (κ3) is 5.40. The lowest BCUT2D eigenvalue weighted by molar-refractivity contribution is 0.113. The molecule has 102 valence electrons. The van der Waals surface area contributed by atoms with E-state index in [4.69, 9.17) is 5.11 Å². The molecule has 18 heavy (non-hydrogen) atoms. The molecule has 0 aliphatic carbocycles. The first-order chi connectivity index (χ1) is 8.67. The Balaban J connectivity index is 2.50.